The van der Waals surface area contributed by atoms with Gasteiger partial charge in [-0.1, -0.05) is 12.1 Å². The zero-order chi connectivity index (χ0) is 13.1. The molecule has 1 aromatic rings. The van der Waals surface area contributed by atoms with Gasteiger partial charge in [-0.15, -0.1) is 0 Å². The van der Waals surface area contributed by atoms with Gasteiger partial charge in [0.05, 0.1) is 6.54 Å². The summed E-state index contributed by atoms with van der Waals surface area (Å²) in [6.45, 7) is 4.11. The Bertz CT molecular complexity index is 457. The Morgan fingerprint density at radius 3 is 2.89 bits per heavy atom. The van der Waals surface area contributed by atoms with Crippen molar-refractivity contribution in [1.82, 2.24) is 20.4 Å². The van der Waals surface area contributed by atoms with Gasteiger partial charge in [-0.3, -0.25) is 9.59 Å². The van der Waals surface area contributed by atoms with E-state index in [1.54, 1.807) is 11.8 Å². The number of nitrogens with zero attached hydrogens (tertiary/aromatic N) is 3. The average molecular weight is 252 g/mol. The molecule has 0 aromatic carbocycles. The van der Waals surface area contributed by atoms with Crippen molar-refractivity contribution in [2.75, 3.05) is 13.1 Å². The van der Waals surface area contributed by atoms with Crippen LogP contribution in [-0.2, 0) is 16.0 Å². The zero-order valence-corrected chi connectivity index (χ0v) is 10.5. The van der Waals surface area contributed by atoms with E-state index in [2.05, 4.69) is 15.5 Å². The minimum atomic E-state index is -0.393. The molecule has 2 amide bonds. The van der Waals surface area contributed by atoms with Crippen LogP contribution in [0.1, 0.15) is 25.1 Å². The van der Waals surface area contributed by atoms with E-state index in [1.807, 2.05) is 6.92 Å². The van der Waals surface area contributed by atoms with Crippen molar-refractivity contribution in [3.05, 3.63) is 11.7 Å². The van der Waals surface area contributed by atoms with Crippen LogP contribution in [0.15, 0.2) is 4.52 Å². The van der Waals surface area contributed by atoms with Gasteiger partial charge in [-0.25, -0.2) is 0 Å². The molecule has 7 heteroatoms. The van der Waals surface area contributed by atoms with Crippen LogP contribution < -0.4 is 5.32 Å². The predicted molar refractivity (Wildman–Crippen MR) is 61.5 cm³/mol. The van der Waals surface area contributed by atoms with E-state index in [9.17, 15) is 9.59 Å². The number of amides is 2. The van der Waals surface area contributed by atoms with E-state index in [4.69, 9.17) is 4.52 Å². The van der Waals surface area contributed by atoms with E-state index < -0.39 is 6.04 Å². The molecule has 18 heavy (non-hydrogen) atoms. The lowest BCUT2D eigenvalue weighted by molar-refractivity contribution is -0.145. The maximum Gasteiger partial charge on any atom is 0.243 e. The van der Waals surface area contributed by atoms with Gasteiger partial charge in [-0.2, -0.15) is 4.98 Å². The number of piperazine rings is 1. The highest BCUT2D eigenvalue weighted by atomic mass is 16.5. The number of aryl methyl sites for hydroxylation is 1. The first-order valence-electron chi connectivity index (χ1n) is 5.98. The summed E-state index contributed by atoms with van der Waals surface area (Å²) in [6, 6.07) is -0.393. The highest BCUT2D eigenvalue weighted by Gasteiger charge is 2.32. The van der Waals surface area contributed by atoms with Crippen LogP contribution >= 0.6 is 0 Å². The van der Waals surface area contributed by atoms with Crippen molar-refractivity contribution >= 4 is 11.8 Å². The third kappa shape index (κ3) is 2.49. The summed E-state index contributed by atoms with van der Waals surface area (Å²) >= 11 is 0. The Morgan fingerprint density at radius 1 is 1.50 bits per heavy atom. The molecule has 1 aliphatic heterocycles. The van der Waals surface area contributed by atoms with E-state index in [0.29, 0.717) is 31.1 Å². The second-order valence-corrected chi connectivity index (χ2v) is 4.21. The summed E-state index contributed by atoms with van der Waals surface area (Å²) in [6.07, 6.45) is 1.07. The molecule has 1 N–H and O–H groups in total. The molecule has 1 saturated heterocycles. The molecule has 1 unspecified atom stereocenters. The van der Waals surface area contributed by atoms with Gasteiger partial charge in [0, 0.05) is 13.0 Å². The Hall–Kier alpha value is -1.92. The van der Waals surface area contributed by atoms with Crippen LogP contribution in [0.5, 0.6) is 0 Å². The van der Waals surface area contributed by atoms with Crippen LogP contribution in [0.4, 0.5) is 0 Å². The second-order valence-electron chi connectivity index (χ2n) is 4.21. The number of aromatic nitrogens is 2. The van der Waals surface area contributed by atoms with Gasteiger partial charge in [0.2, 0.25) is 17.7 Å². The summed E-state index contributed by atoms with van der Waals surface area (Å²) in [5.41, 5.74) is 0. The Morgan fingerprint density at radius 2 is 2.28 bits per heavy atom. The fourth-order valence-corrected chi connectivity index (χ4v) is 2.04. The van der Waals surface area contributed by atoms with E-state index in [1.165, 1.54) is 0 Å². The van der Waals surface area contributed by atoms with Gasteiger partial charge >= 0.3 is 0 Å². The SMILES string of the molecule is CCC1C(=O)NCC(=O)N1CCc1nc(C)no1. The summed E-state index contributed by atoms with van der Waals surface area (Å²) in [5.74, 6) is 0.886. The lowest BCUT2D eigenvalue weighted by Crippen LogP contribution is -2.58. The van der Waals surface area contributed by atoms with Gasteiger partial charge in [0.1, 0.15) is 6.04 Å². The zero-order valence-electron chi connectivity index (χ0n) is 10.5. The van der Waals surface area contributed by atoms with Crippen molar-refractivity contribution in [3.63, 3.8) is 0 Å². The monoisotopic (exact) mass is 252 g/mol. The number of carbonyl (C=O) groups is 2. The summed E-state index contributed by atoms with van der Waals surface area (Å²) in [5, 5.41) is 6.27. The van der Waals surface area contributed by atoms with Gasteiger partial charge in [0.25, 0.3) is 0 Å². The van der Waals surface area contributed by atoms with Crippen LogP contribution in [0.2, 0.25) is 0 Å². The average Bonchev–Trinajstić information content (AvgIpc) is 2.76. The molecule has 0 bridgehead atoms. The third-order valence-corrected chi connectivity index (χ3v) is 2.94. The van der Waals surface area contributed by atoms with Gasteiger partial charge in [0.15, 0.2) is 5.82 Å². The topological polar surface area (TPSA) is 88.3 Å². The van der Waals surface area contributed by atoms with Crippen LogP contribution in [0, 0.1) is 6.92 Å². The van der Waals surface area contributed by atoms with Crippen molar-refractivity contribution in [3.8, 4) is 0 Å². The molecule has 0 spiro atoms. The summed E-state index contributed by atoms with van der Waals surface area (Å²) < 4.78 is 4.99. The summed E-state index contributed by atoms with van der Waals surface area (Å²) in [4.78, 5) is 29.1. The smallest absolute Gasteiger partial charge is 0.243 e. The largest absolute Gasteiger partial charge is 0.345 e. The Kier molecular flexibility index (Phi) is 3.59. The molecule has 2 rings (SSSR count). The highest BCUT2D eigenvalue weighted by molar-refractivity contribution is 5.94. The number of carbonyl (C=O) groups excluding carboxylic acids is 2. The third-order valence-electron chi connectivity index (χ3n) is 2.94. The molecule has 1 fully saturated rings. The lowest BCUT2D eigenvalue weighted by atomic mass is 10.1. The molecule has 1 aromatic heterocycles. The van der Waals surface area contributed by atoms with E-state index >= 15 is 0 Å². The normalized spacial score (nSPS) is 20.1. The predicted octanol–water partition coefficient (Wildman–Crippen LogP) is -0.342. The fraction of sp³-hybridized carbons (Fsp3) is 0.636. The van der Waals surface area contributed by atoms with E-state index in [0.717, 1.165) is 0 Å². The maximum absolute atomic E-state index is 11.8. The summed E-state index contributed by atoms with van der Waals surface area (Å²) in [7, 11) is 0. The fourth-order valence-electron chi connectivity index (χ4n) is 2.04. The van der Waals surface area contributed by atoms with Crippen molar-refractivity contribution < 1.29 is 14.1 Å². The first-order chi connectivity index (χ1) is 8.61. The highest BCUT2D eigenvalue weighted by Crippen LogP contribution is 2.10. The van der Waals surface area contributed by atoms with Crippen molar-refractivity contribution in [1.29, 1.82) is 0 Å². The molecular weight excluding hydrogens is 236 g/mol. The molecule has 7 nitrogen and oxygen atoms in total. The van der Waals surface area contributed by atoms with Gasteiger partial charge < -0.3 is 14.7 Å². The van der Waals surface area contributed by atoms with Crippen LogP contribution in [0.3, 0.4) is 0 Å². The molecule has 0 aliphatic carbocycles. The number of hydrogen-bond acceptors (Lipinski definition) is 5. The number of rotatable bonds is 4. The molecule has 0 saturated carbocycles. The molecule has 0 radical (unpaired) electrons. The standard InChI is InChI=1S/C11H16N4O3/c1-3-8-11(17)12-6-10(16)15(8)5-4-9-13-7(2)14-18-9/h8H,3-6H2,1-2H3,(H,12,17). The molecule has 98 valence electrons. The molecule has 1 aliphatic rings. The van der Waals surface area contributed by atoms with Gasteiger partial charge in [-0.05, 0) is 13.3 Å². The first kappa shape index (κ1) is 12.5. The second kappa shape index (κ2) is 5.16. The lowest BCUT2D eigenvalue weighted by Gasteiger charge is -2.34. The van der Waals surface area contributed by atoms with Crippen LogP contribution in [0.25, 0.3) is 0 Å². The Labute approximate surface area is 105 Å². The van der Waals surface area contributed by atoms with Crippen molar-refractivity contribution in [2.45, 2.75) is 32.7 Å². The number of hydrogen-bond donors (Lipinski definition) is 1. The first-order valence-corrected chi connectivity index (χ1v) is 5.98. The maximum atomic E-state index is 11.8. The van der Waals surface area contributed by atoms with E-state index in [-0.39, 0.29) is 18.4 Å². The quantitative estimate of drug-likeness (QED) is 0.791. The molecule has 2 heterocycles. The minimum absolute atomic E-state index is 0.0677. The number of nitrogens with one attached hydrogen (secondary N) is 1. The molecular formula is C11H16N4O3. The Balaban J connectivity index is 2.01. The van der Waals surface area contributed by atoms with Crippen LogP contribution in [-0.4, -0.2) is 46.0 Å². The minimum Gasteiger partial charge on any atom is -0.345 e. The van der Waals surface area contributed by atoms with Crippen molar-refractivity contribution in [2.24, 2.45) is 0 Å². The molecule has 1 atom stereocenters.